The maximum Gasteiger partial charge on any atom is 0.244 e. The molecule has 112 valence electrons. The third kappa shape index (κ3) is 5.06. The zero-order valence-electron chi connectivity index (χ0n) is 13.0. The second-order valence-corrected chi connectivity index (χ2v) is 5.37. The molecular weight excluding hydrogens is 270 g/mol. The van der Waals surface area contributed by atoms with E-state index in [0.29, 0.717) is 0 Å². The van der Waals surface area contributed by atoms with Gasteiger partial charge in [0.05, 0.1) is 0 Å². The van der Waals surface area contributed by atoms with E-state index in [1.54, 1.807) is 6.08 Å². The van der Waals surface area contributed by atoms with Crippen molar-refractivity contribution in [2.75, 3.05) is 0 Å². The minimum atomic E-state index is -0.0703. The number of benzene rings is 2. The van der Waals surface area contributed by atoms with Gasteiger partial charge in [-0.1, -0.05) is 72.8 Å². The van der Waals surface area contributed by atoms with Gasteiger partial charge in [-0.15, -0.1) is 0 Å². The van der Waals surface area contributed by atoms with Crippen LogP contribution in [0.4, 0.5) is 0 Å². The number of hydrogen-bond donors (Lipinski definition) is 1. The molecule has 0 saturated heterocycles. The highest BCUT2D eigenvalue weighted by Crippen LogP contribution is 2.19. The number of carbonyl (C=O) groups is 1. The summed E-state index contributed by atoms with van der Waals surface area (Å²) < 4.78 is 0. The van der Waals surface area contributed by atoms with Crippen molar-refractivity contribution in [3.8, 4) is 11.1 Å². The van der Waals surface area contributed by atoms with Gasteiger partial charge in [-0.2, -0.15) is 0 Å². The fraction of sp³-hybridized carbons (Fsp3) is 0.150. The number of nitrogens with one attached hydrogen (secondary N) is 1. The first-order valence-electron chi connectivity index (χ1n) is 7.46. The Balaban J connectivity index is 1.95. The summed E-state index contributed by atoms with van der Waals surface area (Å²) in [6.45, 7) is 3.88. The van der Waals surface area contributed by atoms with E-state index in [1.165, 1.54) is 17.2 Å². The van der Waals surface area contributed by atoms with E-state index in [1.807, 2.05) is 44.2 Å². The zero-order chi connectivity index (χ0) is 15.8. The second-order valence-electron chi connectivity index (χ2n) is 5.37. The molecule has 2 heteroatoms. The van der Waals surface area contributed by atoms with E-state index in [9.17, 15) is 4.79 Å². The van der Waals surface area contributed by atoms with Gasteiger partial charge < -0.3 is 5.32 Å². The van der Waals surface area contributed by atoms with Crippen molar-refractivity contribution < 1.29 is 4.79 Å². The lowest BCUT2D eigenvalue weighted by Gasteiger charge is -2.03. The molecule has 0 fully saturated rings. The predicted octanol–water partition coefficient (Wildman–Crippen LogP) is 4.45. The van der Waals surface area contributed by atoms with Gasteiger partial charge in [0, 0.05) is 12.1 Å². The quantitative estimate of drug-likeness (QED) is 0.640. The SMILES string of the molecule is CC(C)NC(=O)/C=C/C=C/c1ccc(-c2ccccc2)cc1. The summed E-state index contributed by atoms with van der Waals surface area (Å²) in [5.41, 5.74) is 3.52. The molecule has 0 spiro atoms. The van der Waals surface area contributed by atoms with Crippen molar-refractivity contribution in [2.45, 2.75) is 19.9 Å². The van der Waals surface area contributed by atoms with Crippen LogP contribution in [-0.4, -0.2) is 11.9 Å². The summed E-state index contributed by atoms with van der Waals surface area (Å²) in [6.07, 6.45) is 7.14. The van der Waals surface area contributed by atoms with Gasteiger partial charge in [-0.25, -0.2) is 0 Å². The van der Waals surface area contributed by atoms with Crippen molar-refractivity contribution in [3.05, 3.63) is 78.4 Å². The maximum atomic E-state index is 11.4. The third-order valence-corrected chi connectivity index (χ3v) is 3.10. The van der Waals surface area contributed by atoms with Gasteiger partial charge in [-0.05, 0) is 30.5 Å². The van der Waals surface area contributed by atoms with Crippen molar-refractivity contribution >= 4 is 12.0 Å². The minimum Gasteiger partial charge on any atom is -0.350 e. The molecule has 0 aliphatic carbocycles. The van der Waals surface area contributed by atoms with Gasteiger partial charge in [0.15, 0.2) is 0 Å². The summed E-state index contributed by atoms with van der Waals surface area (Å²) in [6, 6.07) is 18.8. The first-order valence-corrected chi connectivity index (χ1v) is 7.46. The lowest BCUT2D eigenvalue weighted by molar-refractivity contribution is -0.116. The van der Waals surface area contributed by atoms with E-state index in [4.69, 9.17) is 0 Å². The smallest absolute Gasteiger partial charge is 0.244 e. The largest absolute Gasteiger partial charge is 0.350 e. The summed E-state index contributed by atoms with van der Waals surface area (Å²) >= 11 is 0. The predicted molar refractivity (Wildman–Crippen MR) is 93.3 cm³/mol. The van der Waals surface area contributed by atoms with Gasteiger partial charge in [0.2, 0.25) is 5.91 Å². The monoisotopic (exact) mass is 291 g/mol. The van der Waals surface area contributed by atoms with Gasteiger partial charge >= 0.3 is 0 Å². The van der Waals surface area contributed by atoms with Crippen LogP contribution in [0.2, 0.25) is 0 Å². The molecule has 1 N–H and O–H groups in total. The standard InChI is InChI=1S/C20H21NO/c1-16(2)21-20(22)11-7-6-8-17-12-14-19(15-13-17)18-9-4-3-5-10-18/h3-16H,1-2H3,(H,21,22)/b8-6+,11-7+. The van der Waals surface area contributed by atoms with Crippen LogP contribution in [0.25, 0.3) is 17.2 Å². The molecule has 0 heterocycles. The fourth-order valence-corrected chi connectivity index (χ4v) is 2.06. The molecule has 2 nitrogen and oxygen atoms in total. The van der Waals surface area contributed by atoms with Crippen LogP contribution >= 0.6 is 0 Å². The Kier molecular flexibility index (Phi) is 5.73. The molecule has 2 aromatic rings. The lowest BCUT2D eigenvalue weighted by atomic mass is 10.0. The average Bonchev–Trinajstić information content (AvgIpc) is 2.52. The normalized spacial score (nSPS) is 11.4. The fourth-order valence-electron chi connectivity index (χ4n) is 2.06. The summed E-state index contributed by atoms with van der Waals surface area (Å²) in [7, 11) is 0. The highest BCUT2D eigenvalue weighted by molar-refractivity contribution is 5.88. The van der Waals surface area contributed by atoms with Crippen molar-refractivity contribution in [2.24, 2.45) is 0 Å². The lowest BCUT2D eigenvalue weighted by Crippen LogP contribution is -2.28. The molecule has 0 atom stereocenters. The summed E-state index contributed by atoms with van der Waals surface area (Å²) in [5, 5.41) is 2.81. The highest BCUT2D eigenvalue weighted by Gasteiger charge is 1.96. The third-order valence-electron chi connectivity index (χ3n) is 3.10. The minimum absolute atomic E-state index is 0.0703. The van der Waals surface area contributed by atoms with Gasteiger partial charge in [0.25, 0.3) is 0 Å². The molecule has 0 unspecified atom stereocenters. The number of rotatable bonds is 5. The molecule has 2 aromatic carbocycles. The number of amides is 1. The molecular formula is C20H21NO. The van der Waals surface area contributed by atoms with Crippen LogP contribution in [0.5, 0.6) is 0 Å². The zero-order valence-corrected chi connectivity index (χ0v) is 13.0. The van der Waals surface area contributed by atoms with E-state index in [-0.39, 0.29) is 11.9 Å². The number of carbonyl (C=O) groups excluding carboxylic acids is 1. The Morgan fingerprint density at radius 1 is 0.909 bits per heavy atom. The number of hydrogen-bond acceptors (Lipinski definition) is 1. The Hall–Kier alpha value is -2.61. The van der Waals surface area contributed by atoms with Crippen molar-refractivity contribution in [1.82, 2.24) is 5.32 Å². The van der Waals surface area contributed by atoms with Crippen LogP contribution in [0, 0.1) is 0 Å². The van der Waals surface area contributed by atoms with E-state index < -0.39 is 0 Å². The summed E-state index contributed by atoms with van der Waals surface area (Å²) in [5.74, 6) is -0.0703. The van der Waals surface area contributed by atoms with Gasteiger partial charge in [0.1, 0.15) is 0 Å². The van der Waals surface area contributed by atoms with Crippen LogP contribution in [0.15, 0.2) is 72.8 Å². The highest BCUT2D eigenvalue weighted by atomic mass is 16.1. The van der Waals surface area contributed by atoms with Crippen LogP contribution in [0.3, 0.4) is 0 Å². The molecule has 1 amide bonds. The average molecular weight is 291 g/mol. The Bertz CT molecular complexity index is 652. The topological polar surface area (TPSA) is 29.1 Å². The molecule has 0 aromatic heterocycles. The van der Waals surface area contributed by atoms with Crippen molar-refractivity contribution in [3.63, 3.8) is 0 Å². The van der Waals surface area contributed by atoms with Crippen LogP contribution < -0.4 is 5.32 Å². The van der Waals surface area contributed by atoms with E-state index in [2.05, 4.69) is 41.7 Å². The first-order chi connectivity index (χ1) is 10.6. The van der Waals surface area contributed by atoms with E-state index >= 15 is 0 Å². The molecule has 0 bridgehead atoms. The molecule has 2 rings (SSSR count). The van der Waals surface area contributed by atoms with E-state index in [0.717, 1.165) is 5.56 Å². The molecule has 0 aliphatic heterocycles. The molecule has 0 aliphatic rings. The van der Waals surface area contributed by atoms with Crippen LogP contribution in [0.1, 0.15) is 19.4 Å². The Labute approximate surface area is 132 Å². The Morgan fingerprint density at radius 3 is 2.18 bits per heavy atom. The van der Waals surface area contributed by atoms with Crippen molar-refractivity contribution in [1.29, 1.82) is 0 Å². The molecule has 22 heavy (non-hydrogen) atoms. The second kappa shape index (κ2) is 7.99. The van der Waals surface area contributed by atoms with Gasteiger partial charge in [-0.3, -0.25) is 4.79 Å². The maximum absolute atomic E-state index is 11.4. The number of allylic oxidation sites excluding steroid dienone is 2. The first kappa shape index (κ1) is 15.8. The molecule has 0 radical (unpaired) electrons. The molecule has 0 saturated carbocycles. The summed E-state index contributed by atoms with van der Waals surface area (Å²) in [4.78, 5) is 11.4. The van der Waals surface area contributed by atoms with Crippen LogP contribution in [-0.2, 0) is 4.79 Å². The Morgan fingerprint density at radius 2 is 1.55 bits per heavy atom.